The molecule has 0 aliphatic rings. The van der Waals surface area contributed by atoms with E-state index in [2.05, 4.69) is 15.3 Å². The minimum Gasteiger partial charge on any atom is -0.350 e. The second kappa shape index (κ2) is 7.35. The highest BCUT2D eigenvalue weighted by Gasteiger charge is 2.11. The van der Waals surface area contributed by atoms with Crippen LogP contribution < -0.4 is 5.32 Å². The van der Waals surface area contributed by atoms with Gasteiger partial charge < -0.3 is 5.32 Å². The van der Waals surface area contributed by atoms with Gasteiger partial charge in [0.25, 0.3) is 5.91 Å². The van der Waals surface area contributed by atoms with Crippen molar-refractivity contribution in [3.05, 3.63) is 70.5 Å². The van der Waals surface area contributed by atoms with Crippen LogP contribution in [0.2, 0.25) is 5.02 Å². The summed E-state index contributed by atoms with van der Waals surface area (Å²) < 4.78 is 0. The van der Waals surface area contributed by atoms with Crippen LogP contribution in [0, 0.1) is 0 Å². The molecule has 0 unspecified atom stereocenters. The summed E-state index contributed by atoms with van der Waals surface area (Å²) in [6.07, 6.45) is 4.13. The summed E-state index contributed by atoms with van der Waals surface area (Å²) in [6.45, 7) is 0.516. The molecule has 0 aliphatic heterocycles. The van der Waals surface area contributed by atoms with Crippen molar-refractivity contribution in [1.29, 1.82) is 0 Å². The lowest BCUT2D eigenvalue weighted by Crippen LogP contribution is -2.26. The molecule has 4 nitrogen and oxygen atoms in total. The summed E-state index contributed by atoms with van der Waals surface area (Å²) in [5.41, 5.74) is 2.35. The minimum absolute atomic E-state index is 0.177. The van der Waals surface area contributed by atoms with E-state index in [9.17, 15) is 4.79 Å². The maximum Gasteiger partial charge on any atom is 0.270 e. The lowest BCUT2D eigenvalue weighted by atomic mass is 10.1. The van der Waals surface area contributed by atoms with Gasteiger partial charge in [-0.05, 0) is 30.2 Å². The molecular weight excluding hydrogens is 330 g/mol. The molecule has 0 saturated heterocycles. The zero-order valence-electron chi connectivity index (χ0n) is 12.2. The van der Waals surface area contributed by atoms with E-state index >= 15 is 0 Å². The van der Waals surface area contributed by atoms with Gasteiger partial charge in [-0.1, -0.05) is 29.8 Å². The van der Waals surface area contributed by atoms with Crippen LogP contribution >= 0.6 is 22.9 Å². The Balaban J connectivity index is 1.59. The molecule has 0 spiro atoms. The van der Waals surface area contributed by atoms with Crippen LogP contribution in [-0.2, 0) is 6.42 Å². The molecule has 1 amide bonds. The van der Waals surface area contributed by atoms with E-state index in [-0.39, 0.29) is 5.91 Å². The fourth-order valence-corrected chi connectivity index (χ4v) is 3.12. The molecular formula is C17H14ClN3OS. The Morgan fingerprint density at radius 1 is 1.22 bits per heavy atom. The molecule has 2 heterocycles. The number of nitrogens with zero attached hydrogens (tertiary/aromatic N) is 2. The highest BCUT2D eigenvalue weighted by molar-refractivity contribution is 7.13. The van der Waals surface area contributed by atoms with Gasteiger partial charge in [-0.3, -0.25) is 9.78 Å². The highest BCUT2D eigenvalue weighted by atomic mass is 35.5. The molecule has 0 atom stereocenters. The second-order valence-corrected chi connectivity index (χ2v) is 6.14. The molecule has 3 aromatic rings. The highest BCUT2D eigenvalue weighted by Crippen LogP contribution is 2.22. The van der Waals surface area contributed by atoms with E-state index in [1.165, 1.54) is 11.3 Å². The van der Waals surface area contributed by atoms with E-state index in [1.807, 2.05) is 36.4 Å². The molecule has 116 valence electrons. The molecule has 0 fully saturated rings. The Morgan fingerprint density at radius 3 is 2.87 bits per heavy atom. The monoisotopic (exact) mass is 343 g/mol. The van der Waals surface area contributed by atoms with Gasteiger partial charge in [0.05, 0.1) is 0 Å². The van der Waals surface area contributed by atoms with Crippen molar-refractivity contribution in [1.82, 2.24) is 15.3 Å². The number of nitrogens with one attached hydrogen (secondary N) is 1. The number of hydrogen-bond donors (Lipinski definition) is 1. The Hall–Kier alpha value is -2.24. The first-order chi connectivity index (χ1) is 11.2. The summed E-state index contributed by atoms with van der Waals surface area (Å²) >= 11 is 7.53. The lowest BCUT2D eigenvalue weighted by molar-refractivity contribution is 0.0950. The first-order valence-corrected chi connectivity index (χ1v) is 8.37. The predicted octanol–water partition coefficient (Wildman–Crippen LogP) is 3.83. The molecule has 23 heavy (non-hydrogen) atoms. The maximum absolute atomic E-state index is 12.1. The van der Waals surface area contributed by atoms with Gasteiger partial charge in [0.2, 0.25) is 0 Å². The topological polar surface area (TPSA) is 54.9 Å². The molecule has 0 aliphatic carbocycles. The number of carbonyl (C=O) groups is 1. The zero-order valence-corrected chi connectivity index (χ0v) is 13.8. The van der Waals surface area contributed by atoms with Gasteiger partial charge in [0.1, 0.15) is 10.7 Å². The molecule has 0 radical (unpaired) electrons. The number of carbonyl (C=O) groups excluding carboxylic acids is 1. The first kappa shape index (κ1) is 15.6. The van der Waals surface area contributed by atoms with Gasteiger partial charge in [-0.15, -0.1) is 11.3 Å². The zero-order chi connectivity index (χ0) is 16.1. The average molecular weight is 344 g/mol. The smallest absolute Gasteiger partial charge is 0.270 e. The summed E-state index contributed by atoms with van der Waals surface area (Å²) in [5.74, 6) is -0.177. The van der Waals surface area contributed by atoms with Crippen molar-refractivity contribution in [2.45, 2.75) is 6.42 Å². The Labute approximate surface area is 143 Å². The normalized spacial score (nSPS) is 10.5. The number of rotatable bonds is 5. The molecule has 0 bridgehead atoms. The number of aromatic nitrogens is 2. The van der Waals surface area contributed by atoms with Crippen molar-refractivity contribution in [3.63, 3.8) is 0 Å². The minimum atomic E-state index is -0.177. The van der Waals surface area contributed by atoms with E-state index in [1.54, 1.807) is 17.8 Å². The van der Waals surface area contributed by atoms with Gasteiger partial charge in [-0.25, -0.2) is 4.98 Å². The van der Waals surface area contributed by atoms with Crippen molar-refractivity contribution in [2.24, 2.45) is 0 Å². The third-order valence-corrected chi connectivity index (χ3v) is 4.54. The van der Waals surface area contributed by atoms with E-state index in [4.69, 9.17) is 11.6 Å². The van der Waals surface area contributed by atoms with Crippen LogP contribution in [0.15, 0.2) is 54.2 Å². The van der Waals surface area contributed by atoms with Crippen LogP contribution in [0.1, 0.15) is 16.1 Å². The molecule has 6 heteroatoms. The largest absolute Gasteiger partial charge is 0.350 e. The van der Waals surface area contributed by atoms with Gasteiger partial charge in [0.15, 0.2) is 0 Å². The number of halogens is 1. The average Bonchev–Trinajstić information content (AvgIpc) is 3.07. The van der Waals surface area contributed by atoms with E-state index in [0.717, 1.165) is 16.1 Å². The molecule has 1 aromatic carbocycles. The number of pyridine rings is 1. The number of benzene rings is 1. The second-order valence-electron chi connectivity index (χ2n) is 4.88. The van der Waals surface area contributed by atoms with Crippen LogP contribution in [0.5, 0.6) is 0 Å². The number of amides is 1. The van der Waals surface area contributed by atoms with Crippen LogP contribution in [0.25, 0.3) is 10.6 Å². The fourth-order valence-electron chi connectivity index (χ4n) is 2.10. The quantitative estimate of drug-likeness (QED) is 0.766. The Kier molecular flexibility index (Phi) is 5.00. The van der Waals surface area contributed by atoms with Gasteiger partial charge in [0, 0.05) is 34.9 Å². The Morgan fingerprint density at radius 2 is 2.09 bits per heavy atom. The van der Waals surface area contributed by atoms with Crippen molar-refractivity contribution >= 4 is 28.8 Å². The molecule has 3 rings (SSSR count). The lowest BCUT2D eigenvalue weighted by Gasteiger charge is -2.05. The van der Waals surface area contributed by atoms with Crippen LogP contribution in [-0.4, -0.2) is 22.4 Å². The fraction of sp³-hybridized carbons (Fsp3) is 0.118. The van der Waals surface area contributed by atoms with Gasteiger partial charge in [-0.2, -0.15) is 0 Å². The SMILES string of the molecule is O=C(NCCc1ccccc1Cl)c1csc(-c2cccnc2)n1. The number of hydrogen-bond acceptors (Lipinski definition) is 4. The third-order valence-electron chi connectivity index (χ3n) is 3.28. The van der Waals surface area contributed by atoms with Crippen molar-refractivity contribution in [3.8, 4) is 10.6 Å². The van der Waals surface area contributed by atoms with Crippen LogP contribution in [0.4, 0.5) is 0 Å². The van der Waals surface area contributed by atoms with E-state index < -0.39 is 0 Å². The molecule has 1 N–H and O–H groups in total. The summed E-state index contributed by atoms with van der Waals surface area (Å²) in [6, 6.07) is 11.4. The first-order valence-electron chi connectivity index (χ1n) is 7.11. The summed E-state index contributed by atoms with van der Waals surface area (Å²) in [7, 11) is 0. The Bertz CT molecular complexity index is 804. The summed E-state index contributed by atoms with van der Waals surface area (Å²) in [5, 5.41) is 6.13. The predicted molar refractivity (Wildman–Crippen MR) is 92.8 cm³/mol. The molecule has 2 aromatic heterocycles. The number of thiazole rings is 1. The summed E-state index contributed by atoms with van der Waals surface area (Å²) in [4.78, 5) is 20.6. The maximum atomic E-state index is 12.1. The standard InChI is InChI=1S/C17H14ClN3OS/c18-14-6-2-1-4-12(14)7-9-20-16(22)15-11-23-17(21-15)13-5-3-8-19-10-13/h1-6,8,10-11H,7,9H2,(H,20,22). The van der Waals surface area contributed by atoms with Crippen LogP contribution in [0.3, 0.4) is 0 Å². The molecule has 0 saturated carbocycles. The van der Waals surface area contributed by atoms with Crippen molar-refractivity contribution < 1.29 is 4.79 Å². The van der Waals surface area contributed by atoms with Crippen molar-refractivity contribution in [2.75, 3.05) is 6.54 Å². The third kappa shape index (κ3) is 3.94. The van der Waals surface area contributed by atoms with Gasteiger partial charge >= 0.3 is 0 Å². The van der Waals surface area contributed by atoms with E-state index in [0.29, 0.717) is 23.7 Å².